The molecule has 0 aromatic heterocycles. The smallest absolute Gasteiger partial charge is 0.137 e. The van der Waals surface area contributed by atoms with E-state index in [0.717, 1.165) is 6.54 Å². The van der Waals surface area contributed by atoms with Gasteiger partial charge >= 0.3 is 0 Å². The zero-order chi connectivity index (χ0) is 11.0. The van der Waals surface area contributed by atoms with E-state index in [1.54, 1.807) is 0 Å². The molecule has 0 heterocycles. The van der Waals surface area contributed by atoms with Gasteiger partial charge in [-0.2, -0.15) is 0 Å². The van der Waals surface area contributed by atoms with E-state index in [1.165, 1.54) is 0 Å². The molecule has 0 aromatic rings. The predicted octanol–water partition coefficient (Wildman–Crippen LogP) is 1.62. The number of carbonyl (C=O) groups excluding carboxylic acids is 1. The van der Waals surface area contributed by atoms with Crippen LogP contribution in [0.15, 0.2) is 0 Å². The van der Waals surface area contributed by atoms with Crippen molar-refractivity contribution < 1.29 is 9.53 Å². The first kappa shape index (κ1) is 13.6. The van der Waals surface area contributed by atoms with Gasteiger partial charge in [0.1, 0.15) is 5.78 Å². The average molecular weight is 201 g/mol. The highest BCUT2D eigenvalue weighted by Gasteiger charge is 2.05. The Kier molecular flexibility index (Phi) is 7.71. The molecular weight excluding hydrogens is 178 g/mol. The largest absolute Gasteiger partial charge is 0.380 e. The third kappa shape index (κ3) is 8.20. The molecule has 0 aliphatic rings. The Labute approximate surface area is 87.2 Å². The van der Waals surface area contributed by atoms with Crippen molar-refractivity contribution in [3.8, 4) is 0 Å². The van der Waals surface area contributed by atoms with Gasteiger partial charge in [-0.25, -0.2) is 0 Å². The Hall–Kier alpha value is -0.410. The third-order valence-corrected chi connectivity index (χ3v) is 1.94. The van der Waals surface area contributed by atoms with E-state index in [9.17, 15) is 4.79 Å². The van der Waals surface area contributed by atoms with Crippen LogP contribution < -0.4 is 5.32 Å². The first-order valence-electron chi connectivity index (χ1n) is 5.38. The normalized spacial score (nSPS) is 11.3. The standard InChI is InChI=1S/C11H23NO2/c1-9(2)11(13)5-7-14-8-6-12-10(3)4/h9-10,12H,5-8H2,1-4H3. The van der Waals surface area contributed by atoms with Crippen LogP contribution in [0.4, 0.5) is 0 Å². The lowest BCUT2D eigenvalue weighted by Crippen LogP contribution is -2.27. The first-order valence-corrected chi connectivity index (χ1v) is 5.38. The molecule has 0 rings (SSSR count). The van der Waals surface area contributed by atoms with Crippen molar-refractivity contribution in [3.63, 3.8) is 0 Å². The van der Waals surface area contributed by atoms with Gasteiger partial charge < -0.3 is 10.1 Å². The van der Waals surface area contributed by atoms with Crippen molar-refractivity contribution in [1.29, 1.82) is 0 Å². The number of hydrogen-bond donors (Lipinski definition) is 1. The van der Waals surface area contributed by atoms with Gasteiger partial charge in [0, 0.05) is 24.9 Å². The average Bonchev–Trinajstić information content (AvgIpc) is 2.09. The Morgan fingerprint density at radius 1 is 1.21 bits per heavy atom. The zero-order valence-electron chi connectivity index (χ0n) is 9.80. The fourth-order valence-corrected chi connectivity index (χ4v) is 0.983. The summed E-state index contributed by atoms with van der Waals surface area (Å²) in [5.74, 6) is 0.411. The predicted molar refractivity (Wildman–Crippen MR) is 58.4 cm³/mol. The summed E-state index contributed by atoms with van der Waals surface area (Å²) in [6, 6.07) is 0.496. The number of ether oxygens (including phenoxy) is 1. The number of hydrogen-bond acceptors (Lipinski definition) is 3. The van der Waals surface area contributed by atoms with Gasteiger partial charge in [0.15, 0.2) is 0 Å². The molecule has 3 nitrogen and oxygen atoms in total. The number of Topliss-reactive ketones (excluding diaryl/α,β-unsaturated/α-hetero) is 1. The summed E-state index contributed by atoms with van der Waals surface area (Å²) in [5.41, 5.74) is 0. The highest BCUT2D eigenvalue weighted by Crippen LogP contribution is 1.98. The van der Waals surface area contributed by atoms with Crippen LogP contribution in [0.2, 0.25) is 0 Å². The highest BCUT2D eigenvalue weighted by atomic mass is 16.5. The Morgan fingerprint density at radius 3 is 2.36 bits per heavy atom. The van der Waals surface area contributed by atoms with Gasteiger partial charge in [0.05, 0.1) is 13.2 Å². The van der Waals surface area contributed by atoms with Crippen LogP contribution in [-0.4, -0.2) is 31.6 Å². The molecule has 0 atom stereocenters. The van der Waals surface area contributed by atoms with Crippen molar-refractivity contribution >= 4 is 5.78 Å². The molecule has 0 saturated heterocycles. The van der Waals surface area contributed by atoms with Crippen molar-refractivity contribution in [2.75, 3.05) is 19.8 Å². The molecule has 0 aliphatic heterocycles. The van der Waals surface area contributed by atoms with Crippen LogP contribution in [0.5, 0.6) is 0 Å². The summed E-state index contributed by atoms with van der Waals surface area (Å²) in [4.78, 5) is 11.2. The first-order chi connectivity index (χ1) is 6.54. The number of nitrogens with one attached hydrogen (secondary N) is 1. The lowest BCUT2D eigenvalue weighted by atomic mass is 10.1. The zero-order valence-corrected chi connectivity index (χ0v) is 9.80. The van der Waals surface area contributed by atoms with Crippen LogP contribution >= 0.6 is 0 Å². The maximum atomic E-state index is 11.2. The Bertz CT molecular complexity index is 155. The second kappa shape index (κ2) is 7.94. The number of ketones is 1. The van der Waals surface area contributed by atoms with Crippen LogP contribution in [0.3, 0.4) is 0 Å². The lowest BCUT2D eigenvalue weighted by Gasteiger charge is -2.08. The molecule has 0 unspecified atom stereocenters. The topological polar surface area (TPSA) is 38.3 Å². The lowest BCUT2D eigenvalue weighted by molar-refractivity contribution is -0.122. The van der Waals surface area contributed by atoms with E-state index in [2.05, 4.69) is 19.2 Å². The van der Waals surface area contributed by atoms with Crippen LogP contribution in [0.25, 0.3) is 0 Å². The molecule has 0 amide bonds. The van der Waals surface area contributed by atoms with Crippen molar-refractivity contribution in [2.24, 2.45) is 5.92 Å². The summed E-state index contributed by atoms with van der Waals surface area (Å²) >= 11 is 0. The third-order valence-electron chi connectivity index (χ3n) is 1.94. The van der Waals surface area contributed by atoms with Crippen LogP contribution in [0.1, 0.15) is 34.1 Å². The SMILES string of the molecule is CC(C)NCCOCCC(=O)C(C)C. The molecule has 0 bridgehead atoms. The minimum atomic E-state index is 0.132. The van der Waals surface area contributed by atoms with E-state index in [1.807, 2.05) is 13.8 Å². The minimum absolute atomic E-state index is 0.132. The molecule has 84 valence electrons. The molecular formula is C11H23NO2. The summed E-state index contributed by atoms with van der Waals surface area (Å²) < 4.78 is 5.32. The summed E-state index contributed by atoms with van der Waals surface area (Å²) in [7, 11) is 0. The Balaban J connectivity index is 3.18. The fourth-order valence-electron chi connectivity index (χ4n) is 0.983. The molecule has 0 fully saturated rings. The van der Waals surface area contributed by atoms with Crippen LogP contribution in [-0.2, 0) is 9.53 Å². The number of rotatable bonds is 8. The van der Waals surface area contributed by atoms with Crippen LogP contribution in [0, 0.1) is 5.92 Å². The van der Waals surface area contributed by atoms with Gasteiger partial charge in [0.2, 0.25) is 0 Å². The second-order valence-electron chi connectivity index (χ2n) is 4.09. The molecule has 3 heteroatoms. The maximum Gasteiger partial charge on any atom is 0.137 e. The van der Waals surface area contributed by atoms with Crippen molar-refractivity contribution in [2.45, 2.75) is 40.2 Å². The molecule has 0 spiro atoms. The fraction of sp³-hybridized carbons (Fsp3) is 0.909. The summed E-state index contributed by atoms with van der Waals surface area (Å²) in [6.45, 7) is 10.1. The molecule has 0 aliphatic carbocycles. The maximum absolute atomic E-state index is 11.2. The minimum Gasteiger partial charge on any atom is -0.380 e. The molecule has 0 aromatic carbocycles. The Morgan fingerprint density at radius 2 is 1.86 bits per heavy atom. The van der Waals surface area contributed by atoms with Crippen molar-refractivity contribution in [3.05, 3.63) is 0 Å². The van der Waals surface area contributed by atoms with E-state index >= 15 is 0 Å². The molecule has 0 radical (unpaired) electrons. The van der Waals surface area contributed by atoms with Gasteiger partial charge in [-0.3, -0.25) is 4.79 Å². The van der Waals surface area contributed by atoms with Gasteiger partial charge in [0.25, 0.3) is 0 Å². The highest BCUT2D eigenvalue weighted by molar-refractivity contribution is 5.80. The van der Waals surface area contributed by atoms with Gasteiger partial charge in [-0.05, 0) is 0 Å². The van der Waals surface area contributed by atoms with Gasteiger partial charge in [-0.15, -0.1) is 0 Å². The quantitative estimate of drug-likeness (QED) is 0.606. The van der Waals surface area contributed by atoms with Crippen molar-refractivity contribution in [1.82, 2.24) is 5.32 Å². The van der Waals surface area contributed by atoms with E-state index < -0.39 is 0 Å². The monoisotopic (exact) mass is 201 g/mol. The van der Waals surface area contributed by atoms with E-state index in [0.29, 0.717) is 25.7 Å². The van der Waals surface area contributed by atoms with Gasteiger partial charge in [-0.1, -0.05) is 27.7 Å². The molecule has 1 N–H and O–H groups in total. The summed E-state index contributed by atoms with van der Waals surface area (Å²) in [5, 5.41) is 3.25. The summed E-state index contributed by atoms with van der Waals surface area (Å²) in [6.07, 6.45) is 0.541. The second-order valence-corrected chi connectivity index (χ2v) is 4.09. The number of carbonyl (C=O) groups is 1. The van der Waals surface area contributed by atoms with E-state index in [-0.39, 0.29) is 11.7 Å². The molecule has 14 heavy (non-hydrogen) atoms. The molecule has 0 saturated carbocycles. The van der Waals surface area contributed by atoms with E-state index in [4.69, 9.17) is 4.74 Å².